The van der Waals surface area contributed by atoms with Crippen molar-refractivity contribution in [1.29, 1.82) is 0 Å². The number of aromatic nitrogens is 2. The Balaban J connectivity index is 1.77. The molecule has 1 saturated carbocycles. The fourth-order valence-electron chi connectivity index (χ4n) is 2.60. The lowest BCUT2D eigenvalue weighted by Gasteiger charge is -2.26. The molecular formula is C14H22ClN3S. The summed E-state index contributed by atoms with van der Waals surface area (Å²) in [6.45, 7) is 3.33. The van der Waals surface area contributed by atoms with E-state index < -0.39 is 0 Å². The minimum atomic E-state index is 0.508. The Hall–Kier alpha value is -0.480. The first-order valence-corrected chi connectivity index (χ1v) is 8.60. The SMILES string of the molecule is CSc1nc(Cl)cc(NCCC2CCC(C)CC2)n1. The second kappa shape index (κ2) is 7.34. The number of halogens is 1. The van der Waals surface area contributed by atoms with Gasteiger partial charge in [0.15, 0.2) is 5.16 Å². The Bertz CT molecular complexity index is 406. The summed E-state index contributed by atoms with van der Waals surface area (Å²) in [5.41, 5.74) is 0. The van der Waals surface area contributed by atoms with Gasteiger partial charge < -0.3 is 5.32 Å². The summed E-state index contributed by atoms with van der Waals surface area (Å²) >= 11 is 7.48. The van der Waals surface area contributed by atoms with E-state index in [9.17, 15) is 0 Å². The average molecular weight is 300 g/mol. The Morgan fingerprint density at radius 1 is 1.32 bits per heavy atom. The highest BCUT2D eigenvalue weighted by Crippen LogP contribution is 2.30. The summed E-state index contributed by atoms with van der Waals surface area (Å²) in [7, 11) is 0. The van der Waals surface area contributed by atoms with Gasteiger partial charge in [0.1, 0.15) is 11.0 Å². The van der Waals surface area contributed by atoms with Crippen LogP contribution in [0.1, 0.15) is 39.0 Å². The molecule has 0 amide bonds. The summed E-state index contributed by atoms with van der Waals surface area (Å²) in [5.74, 6) is 2.64. The average Bonchev–Trinajstić information content (AvgIpc) is 2.40. The van der Waals surface area contributed by atoms with Crippen LogP contribution < -0.4 is 5.32 Å². The molecule has 0 aliphatic heterocycles. The van der Waals surface area contributed by atoms with Gasteiger partial charge in [-0.25, -0.2) is 9.97 Å². The van der Waals surface area contributed by atoms with E-state index in [0.717, 1.165) is 29.4 Å². The molecule has 0 atom stereocenters. The summed E-state index contributed by atoms with van der Waals surface area (Å²) in [4.78, 5) is 8.54. The van der Waals surface area contributed by atoms with Gasteiger partial charge in [0.05, 0.1) is 0 Å². The monoisotopic (exact) mass is 299 g/mol. The lowest BCUT2D eigenvalue weighted by Crippen LogP contribution is -2.16. The molecule has 0 bridgehead atoms. The summed E-state index contributed by atoms with van der Waals surface area (Å²) in [6, 6.07) is 1.80. The van der Waals surface area contributed by atoms with E-state index in [1.165, 1.54) is 43.9 Å². The predicted molar refractivity (Wildman–Crippen MR) is 83.1 cm³/mol. The number of nitrogens with zero attached hydrogens (tertiary/aromatic N) is 2. The van der Waals surface area contributed by atoms with Crippen molar-refractivity contribution in [2.75, 3.05) is 18.1 Å². The molecule has 5 heteroatoms. The maximum atomic E-state index is 5.97. The third kappa shape index (κ3) is 4.84. The maximum absolute atomic E-state index is 5.97. The summed E-state index contributed by atoms with van der Waals surface area (Å²) in [6.07, 6.45) is 8.72. The third-order valence-corrected chi connectivity index (χ3v) is 4.59. The van der Waals surface area contributed by atoms with Gasteiger partial charge in [0.25, 0.3) is 0 Å². The number of rotatable bonds is 5. The van der Waals surface area contributed by atoms with Gasteiger partial charge in [-0.1, -0.05) is 56.0 Å². The smallest absolute Gasteiger partial charge is 0.190 e. The molecule has 1 fully saturated rings. The summed E-state index contributed by atoms with van der Waals surface area (Å²) < 4.78 is 0. The molecule has 106 valence electrons. The van der Waals surface area contributed by atoms with Crippen LogP contribution in [0.4, 0.5) is 5.82 Å². The Labute approximate surface area is 124 Å². The maximum Gasteiger partial charge on any atom is 0.190 e. The van der Waals surface area contributed by atoms with Crippen LogP contribution >= 0.6 is 23.4 Å². The minimum Gasteiger partial charge on any atom is -0.370 e. The van der Waals surface area contributed by atoms with E-state index in [2.05, 4.69) is 22.2 Å². The van der Waals surface area contributed by atoms with Crippen molar-refractivity contribution < 1.29 is 0 Å². The molecule has 1 aromatic rings. The predicted octanol–water partition coefficient (Wildman–Crippen LogP) is 4.48. The quantitative estimate of drug-likeness (QED) is 0.494. The number of thioether (sulfide) groups is 1. The molecule has 3 nitrogen and oxygen atoms in total. The molecule has 0 saturated heterocycles. The molecule has 0 spiro atoms. The lowest BCUT2D eigenvalue weighted by molar-refractivity contribution is 0.282. The normalized spacial score (nSPS) is 23.3. The molecule has 0 aromatic carbocycles. The van der Waals surface area contributed by atoms with Crippen LogP contribution in [-0.4, -0.2) is 22.8 Å². The van der Waals surface area contributed by atoms with Crippen LogP contribution in [0.15, 0.2) is 11.2 Å². The van der Waals surface area contributed by atoms with Gasteiger partial charge in [-0.2, -0.15) is 0 Å². The topological polar surface area (TPSA) is 37.8 Å². The van der Waals surface area contributed by atoms with Gasteiger partial charge >= 0.3 is 0 Å². The van der Waals surface area contributed by atoms with E-state index >= 15 is 0 Å². The van der Waals surface area contributed by atoms with Crippen molar-refractivity contribution in [2.24, 2.45) is 11.8 Å². The zero-order chi connectivity index (χ0) is 13.7. The second-order valence-corrected chi connectivity index (χ2v) is 6.56. The van der Waals surface area contributed by atoms with Crippen molar-refractivity contribution in [1.82, 2.24) is 9.97 Å². The first kappa shape index (κ1) is 14.9. The fourth-order valence-corrected chi connectivity index (χ4v) is 3.21. The van der Waals surface area contributed by atoms with E-state index in [0.29, 0.717) is 5.15 Å². The molecule has 0 unspecified atom stereocenters. The van der Waals surface area contributed by atoms with E-state index in [1.807, 2.05) is 6.26 Å². The molecule has 1 N–H and O–H groups in total. The van der Waals surface area contributed by atoms with Crippen molar-refractivity contribution >= 4 is 29.2 Å². The molecular weight excluding hydrogens is 278 g/mol. The van der Waals surface area contributed by atoms with Gasteiger partial charge in [-0.05, 0) is 24.5 Å². The van der Waals surface area contributed by atoms with E-state index in [-0.39, 0.29) is 0 Å². The first-order valence-electron chi connectivity index (χ1n) is 7.00. The van der Waals surface area contributed by atoms with E-state index in [4.69, 9.17) is 11.6 Å². The van der Waals surface area contributed by atoms with Gasteiger partial charge in [-0.3, -0.25) is 0 Å². The molecule has 1 aliphatic rings. The highest BCUT2D eigenvalue weighted by molar-refractivity contribution is 7.98. The minimum absolute atomic E-state index is 0.508. The zero-order valence-corrected chi connectivity index (χ0v) is 13.2. The second-order valence-electron chi connectivity index (χ2n) is 5.40. The Morgan fingerprint density at radius 3 is 2.74 bits per heavy atom. The van der Waals surface area contributed by atoms with Crippen molar-refractivity contribution in [2.45, 2.75) is 44.2 Å². The lowest BCUT2D eigenvalue weighted by atomic mass is 9.81. The van der Waals surface area contributed by atoms with Crippen molar-refractivity contribution in [3.8, 4) is 0 Å². The molecule has 19 heavy (non-hydrogen) atoms. The largest absolute Gasteiger partial charge is 0.370 e. The number of hydrogen-bond acceptors (Lipinski definition) is 4. The fraction of sp³-hybridized carbons (Fsp3) is 0.714. The third-order valence-electron chi connectivity index (χ3n) is 3.85. The standard InChI is InChI=1S/C14H22ClN3S/c1-10-3-5-11(6-4-10)7-8-16-13-9-12(15)17-14(18-13)19-2/h9-11H,3-8H2,1-2H3,(H,16,17,18). The van der Waals surface area contributed by atoms with Crippen molar-refractivity contribution in [3.63, 3.8) is 0 Å². The van der Waals surface area contributed by atoms with Gasteiger partial charge in [0, 0.05) is 12.6 Å². The molecule has 1 heterocycles. The van der Waals surface area contributed by atoms with Crippen LogP contribution in [0.3, 0.4) is 0 Å². The van der Waals surface area contributed by atoms with Gasteiger partial charge in [-0.15, -0.1) is 0 Å². The van der Waals surface area contributed by atoms with Crippen LogP contribution in [0.2, 0.25) is 5.15 Å². The van der Waals surface area contributed by atoms with Crippen LogP contribution in [0, 0.1) is 11.8 Å². The molecule has 1 aromatic heterocycles. The van der Waals surface area contributed by atoms with Crippen LogP contribution in [-0.2, 0) is 0 Å². The highest BCUT2D eigenvalue weighted by Gasteiger charge is 2.17. The molecule has 2 rings (SSSR count). The molecule has 1 aliphatic carbocycles. The first-order chi connectivity index (χ1) is 9.17. The zero-order valence-electron chi connectivity index (χ0n) is 11.7. The number of anilines is 1. The van der Waals surface area contributed by atoms with Gasteiger partial charge in [0.2, 0.25) is 0 Å². The highest BCUT2D eigenvalue weighted by atomic mass is 35.5. The number of hydrogen-bond donors (Lipinski definition) is 1. The number of nitrogens with one attached hydrogen (secondary N) is 1. The molecule has 0 radical (unpaired) electrons. The van der Waals surface area contributed by atoms with Crippen LogP contribution in [0.5, 0.6) is 0 Å². The Morgan fingerprint density at radius 2 is 2.05 bits per heavy atom. The van der Waals surface area contributed by atoms with Crippen molar-refractivity contribution in [3.05, 3.63) is 11.2 Å². The van der Waals surface area contributed by atoms with E-state index in [1.54, 1.807) is 6.07 Å². The van der Waals surface area contributed by atoms with Crippen LogP contribution in [0.25, 0.3) is 0 Å². The summed E-state index contributed by atoms with van der Waals surface area (Å²) in [5, 5.41) is 4.60. The Kier molecular flexibility index (Phi) is 5.76.